The smallest absolute Gasteiger partial charge is 0.296 e. The lowest BCUT2D eigenvalue weighted by atomic mass is 10.0. The lowest BCUT2D eigenvalue weighted by molar-refractivity contribution is -0.385. The Morgan fingerprint density at radius 3 is 2.62 bits per heavy atom. The summed E-state index contributed by atoms with van der Waals surface area (Å²) in [4.78, 5) is 21.8. The fourth-order valence-corrected chi connectivity index (χ4v) is 1.89. The summed E-state index contributed by atoms with van der Waals surface area (Å²) in [5.41, 5.74) is -0.654. The molecule has 0 spiro atoms. The van der Waals surface area contributed by atoms with Gasteiger partial charge in [-0.3, -0.25) is 19.6 Å². The number of hydrogen-bond acceptors (Lipinski definition) is 4. The van der Waals surface area contributed by atoms with Crippen LogP contribution in [0.2, 0.25) is 0 Å². The molecular formula is C9H12BrN3O3. The van der Waals surface area contributed by atoms with Crippen molar-refractivity contribution >= 4 is 27.4 Å². The van der Waals surface area contributed by atoms with Crippen molar-refractivity contribution in [1.82, 2.24) is 9.78 Å². The van der Waals surface area contributed by atoms with Crippen LogP contribution in [-0.2, 0) is 10.3 Å². The number of alkyl halides is 1. The Morgan fingerprint density at radius 2 is 2.25 bits per heavy atom. The van der Waals surface area contributed by atoms with E-state index in [1.165, 1.54) is 10.9 Å². The highest BCUT2D eigenvalue weighted by Gasteiger charge is 2.31. The fourth-order valence-electron chi connectivity index (χ4n) is 1.21. The van der Waals surface area contributed by atoms with Crippen molar-refractivity contribution in [3.63, 3.8) is 0 Å². The number of rotatable bonds is 4. The molecule has 1 aromatic heterocycles. The van der Waals surface area contributed by atoms with E-state index in [4.69, 9.17) is 0 Å². The molecule has 16 heavy (non-hydrogen) atoms. The first-order valence-corrected chi connectivity index (χ1v) is 5.73. The zero-order chi connectivity index (χ0) is 12.5. The topological polar surface area (TPSA) is 78.0 Å². The summed E-state index contributed by atoms with van der Waals surface area (Å²) in [6.07, 6.45) is 1.29. The van der Waals surface area contributed by atoms with E-state index in [9.17, 15) is 14.9 Å². The van der Waals surface area contributed by atoms with E-state index in [-0.39, 0.29) is 16.8 Å². The molecular weight excluding hydrogens is 278 g/mol. The highest BCUT2D eigenvalue weighted by Crippen LogP contribution is 2.23. The van der Waals surface area contributed by atoms with Crippen LogP contribution in [0, 0.1) is 17.0 Å². The predicted molar refractivity (Wildman–Crippen MR) is 61.7 cm³/mol. The van der Waals surface area contributed by atoms with E-state index in [1.54, 1.807) is 20.8 Å². The zero-order valence-corrected chi connectivity index (χ0v) is 10.8. The second-order valence-corrected chi connectivity index (χ2v) is 4.48. The summed E-state index contributed by atoms with van der Waals surface area (Å²) >= 11 is 3.08. The third kappa shape index (κ3) is 2.13. The van der Waals surface area contributed by atoms with Gasteiger partial charge in [-0.05, 0) is 20.8 Å². The van der Waals surface area contributed by atoms with Gasteiger partial charge in [0.2, 0.25) is 0 Å². The molecule has 0 atom stereocenters. The average Bonchev–Trinajstić information content (AvgIpc) is 2.59. The Balaban J connectivity index is 3.20. The Labute approximate surface area is 101 Å². The van der Waals surface area contributed by atoms with Crippen LogP contribution in [0.4, 0.5) is 5.69 Å². The monoisotopic (exact) mass is 289 g/mol. The van der Waals surface area contributed by atoms with Crippen LogP contribution in [-0.4, -0.2) is 25.8 Å². The highest BCUT2D eigenvalue weighted by atomic mass is 79.9. The largest absolute Gasteiger partial charge is 0.309 e. The molecule has 1 heterocycles. The van der Waals surface area contributed by atoms with Crippen LogP contribution < -0.4 is 0 Å². The summed E-state index contributed by atoms with van der Waals surface area (Å²) < 4.78 is 1.34. The van der Waals surface area contributed by atoms with Crippen molar-refractivity contribution in [2.75, 3.05) is 5.33 Å². The maximum absolute atomic E-state index is 11.6. The van der Waals surface area contributed by atoms with E-state index in [0.717, 1.165) is 0 Å². The SMILES string of the molecule is Cc1nn(C(C)(C)C(=O)CBr)cc1[N+](=O)[O-]. The van der Waals surface area contributed by atoms with Crippen molar-refractivity contribution in [1.29, 1.82) is 0 Å². The Kier molecular flexibility index (Phi) is 3.47. The lowest BCUT2D eigenvalue weighted by Gasteiger charge is -2.22. The van der Waals surface area contributed by atoms with Gasteiger partial charge < -0.3 is 0 Å². The summed E-state index contributed by atoms with van der Waals surface area (Å²) in [5, 5.41) is 14.9. The molecule has 0 fully saturated rings. The van der Waals surface area contributed by atoms with Gasteiger partial charge in [0, 0.05) is 0 Å². The molecule has 0 amide bonds. The molecule has 0 saturated carbocycles. The molecule has 6 nitrogen and oxygen atoms in total. The van der Waals surface area contributed by atoms with Crippen molar-refractivity contribution in [3.05, 3.63) is 22.0 Å². The molecule has 88 valence electrons. The fraction of sp³-hybridized carbons (Fsp3) is 0.556. The standard InChI is InChI=1S/C9H12BrN3O3/c1-6-7(13(15)16)5-12(11-6)9(2,3)8(14)4-10/h5H,4H2,1-3H3. The molecule has 1 rings (SSSR count). The number of carbonyl (C=O) groups excluding carboxylic acids is 1. The molecule has 0 aromatic carbocycles. The minimum atomic E-state index is -0.886. The number of nitro groups is 1. The van der Waals surface area contributed by atoms with E-state index in [2.05, 4.69) is 21.0 Å². The molecule has 1 aromatic rings. The number of hydrogen-bond donors (Lipinski definition) is 0. The van der Waals surface area contributed by atoms with Gasteiger partial charge in [0.25, 0.3) is 0 Å². The summed E-state index contributed by atoms with van der Waals surface area (Å²) in [6.45, 7) is 4.89. The van der Waals surface area contributed by atoms with Gasteiger partial charge in [0.05, 0.1) is 10.3 Å². The molecule has 0 aliphatic heterocycles. The first kappa shape index (κ1) is 12.8. The second kappa shape index (κ2) is 4.32. The molecule has 0 bridgehead atoms. The number of Topliss-reactive ketones (excluding diaryl/α,β-unsaturated/α-hetero) is 1. The van der Waals surface area contributed by atoms with E-state index in [0.29, 0.717) is 5.69 Å². The second-order valence-electron chi connectivity index (χ2n) is 3.92. The van der Waals surface area contributed by atoms with Crippen molar-refractivity contribution in [3.8, 4) is 0 Å². The van der Waals surface area contributed by atoms with E-state index in [1.807, 2.05) is 0 Å². The van der Waals surface area contributed by atoms with Crippen LogP contribution in [0.1, 0.15) is 19.5 Å². The molecule has 7 heteroatoms. The van der Waals surface area contributed by atoms with Gasteiger partial charge in [0.1, 0.15) is 17.4 Å². The number of nitrogens with zero attached hydrogens (tertiary/aromatic N) is 3. The number of aromatic nitrogens is 2. The average molecular weight is 290 g/mol. The summed E-state index contributed by atoms with van der Waals surface area (Å²) in [5.74, 6) is -0.0927. The molecule has 0 N–H and O–H groups in total. The summed E-state index contributed by atoms with van der Waals surface area (Å²) in [6, 6.07) is 0. The number of aryl methyl sites for hydroxylation is 1. The van der Waals surface area contributed by atoms with Gasteiger partial charge in [0.15, 0.2) is 5.78 Å². The highest BCUT2D eigenvalue weighted by molar-refractivity contribution is 9.09. The maximum Gasteiger partial charge on any atom is 0.309 e. The zero-order valence-electron chi connectivity index (χ0n) is 9.23. The first-order valence-electron chi connectivity index (χ1n) is 4.61. The third-order valence-corrected chi connectivity index (χ3v) is 2.96. The maximum atomic E-state index is 11.6. The number of carbonyl (C=O) groups is 1. The first-order chi connectivity index (χ1) is 7.30. The van der Waals surface area contributed by atoms with Crippen LogP contribution in [0.25, 0.3) is 0 Å². The van der Waals surface area contributed by atoms with Gasteiger partial charge >= 0.3 is 5.69 Å². The predicted octanol–water partition coefficient (Wildman–Crippen LogP) is 1.80. The van der Waals surface area contributed by atoms with Crippen molar-refractivity contribution in [2.24, 2.45) is 0 Å². The Hall–Kier alpha value is -1.24. The quantitative estimate of drug-likeness (QED) is 0.481. The number of ketones is 1. The molecule has 0 unspecified atom stereocenters. The molecule has 0 radical (unpaired) electrons. The third-order valence-electron chi connectivity index (χ3n) is 2.45. The van der Waals surface area contributed by atoms with Gasteiger partial charge in [-0.15, -0.1) is 0 Å². The molecule has 0 aliphatic rings. The summed E-state index contributed by atoms with van der Waals surface area (Å²) in [7, 11) is 0. The lowest BCUT2D eigenvalue weighted by Crippen LogP contribution is -2.37. The van der Waals surface area contributed by atoms with E-state index >= 15 is 0 Å². The van der Waals surface area contributed by atoms with Crippen LogP contribution in [0.5, 0.6) is 0 Å². The van der Waals surface area contributed by atoms with Crippen molar-refractivity contribution in [2.45, 2.75) is 26.3 Å². The Bertz CT molecular complexity index is 439. The van der Waals surface area contributed by atoms with Crippen LogP contribution in [0.3, 0.4) is 0 Å². The van der Waals surface area contributed by atoms with E-state index < -0.39 is 10.5 Å². The minimum Gasteiger partial charge on any atom is -0.296 e. The minimum absolute atomic E-state index is 0.0737. The van der Waals surface area contributed by atoms with Crippen LogP contribution >= 0.6 is 15.9 Å². The molecule has 0 saturated heterocycles. The van der Waals surface area contributed by atoms with Gasteiger partial charge in [-0.1, -0.05) is 15.9 Å². The van der Waals surface area contributed by atoms with Gasteiger partial charge in [-0.25, -0.2) is 0 Å². The normalized spacial score (nSPS) is 11.5. The molecule has 0 aliphatic carbocycles. The van der Waals surface area contributed by atoms with Crippen LogP contribution in [0.15, 0.2) is 6.20 Å². The van der Waals surface area contributed by atoms with Crippen molar-refractivity contribution < 1.29 is 9.72 Å². The Morgan fingerprint density at radius 1 is 1.69 bits per heavy atom. The number of halogens is 1. The van der Waals surface area contributed by atoms with Gasteiger partial charge in [-0.2, -0.15) is 5.10 Å².